The molecule has 0 atom stereocenters. The van der Waals surface area contributed by atoms with Gasteiger partial charge in [0.2, 0.25) is 0 Å². The van der Waals surface area contributed by atoms with E-state index in [-0.39, 0.29) is 5.69 Å². The van der Waals surface area contributed by atoms with Crippen molar-refractivity contribution in [2.24, 2.45) is 0 Å². The molecule has 5 heteroatoms. The van der Waals surface area contributed by atoms with Crippen molar-refractivity contribution in [3.05, 3.63) is 57.6 Å². The number of benzene rings is 2. The van der Waals surface area contributed by atoms with Crippen molar-refractivity contribution in [2.75, 3.05) is 5.73 Å². The van der Waals surface area contributed by atoms with Crippen LogP contribution < -0.4 is 5.73 Å². The van der Waals surface area contributed by atoms with Gasteiger partial charge in [-0.2, -0.15) is 0 Å². The molecule has 18 heavy (non-hydrogen) atoms. The van der Waals surface area contributed by atoms with Crippen LogP contribution in [0.5, 0.6) is 0 Å². The highest BCUT2D eigenvalue weighted by Gasteiger charge is 2.23. The zero-order valence-electron chi connectivity index (χ0n) is 9.42. The van der Waals surface area contributed by atoms with Crippen molar-refractivity contribution in [2.45, 2.75) is 16.2 Å². The molecule has 1 aliphatic rings. The summed E-state index contributed by atoms with van der Waals surface area (Å²) >= 11 is 1.61. The van der Waals surface area contributed by atoms with E-state index >= 15 is 0 Å². The Kier molecular flexibility index (Phi) is 2.48. The molecule has 0 unspecified atom stereocenters. The van der Waals surface area contributed by atoms with E-state index in [1.54, 1.807) is 17.8 Å². The summed E-state index contributed by atoms with van der Waals surface area (Å²) in [5, 5.41) is 10.9. The van der Waals surface area contributed by atoms with E-state index in [0.717, 1.165) is 10.5 Å². The molecule has 2 aromatic carbocycles. The lowest BCUT2D eigenvalue weighted by atomic mass is 10.0. The van der Waals surface area contributed by atoms with Crippen LogP contribution in [0, 0.1) is 10.1 Å². The summed E-state index contributed by atoms with van der Waals surface area (Å²) in [6.45, 7) is 0. The smallest absolute Gasteiger partial charge is 0.292 e. The molecule has 0 amide bonds. The van der Waals surface area contributed by atoms with Crippen molar-refractivity contribution in [3.63, 3.8) is 0 Å². The minimum absolute atomic E-state index is 0.00580. The summed E-state index contributed by atoms with van der Waals surface area (Å²) in [4.78, 5) is 12.6. The van der Waals surface area contributed by atoms with E-state index in [1.807, 2.05) is 18.2 Å². The van der Waals surface area contributed by atoms with Gasteiger partial charge in [0.25, 0.3) is 5.69 Å². The molecule has 1 heterocycles. The van der Waals surface area contributed by atoms with Crippen LogP contribution in [-0.2, 0) is 6.42 Å². The van der Waals surface area contributed by atoms with Gasteiger partial charge in [-0.05, 0) is 17.7 Å². The number of nitrogens with two attached hydrogens (primary N) is 1. The molecule has 0 radical (unpaired) electrons. The van der Waals surface area contributed by atoms with Crippen molar-refractivity contribution in [1.82, 2.24) is 0 Å². The van der Waals surface area contributed by atoms with E-state index in [9.17, 15) is 10.1 Å². The van der Waals surface area contributed by atoms with Gasteiger partial charge in [0, 0.05) is 27.8 Å². The number of hydrogen-bond donors (Lipinski definition) is 1. The normalized spacial score (nSPS) is 12.7. The number of nitro benzene ring substituents is 1. The lowest BCUT2D eigenvalue weighted by molar-refractivity contribution is -0.384. The van der Waals surface area contributed by atoms with Gasteiger partial charge >= 0.3 is 0 Å². The highest BCUT2D eigenvalue weighted by Crippen LogP contribution is 2.43. The molecule has 0 bridgehead atoms. The molecule has 3 rings (SSSR count). The van der Waals surface area contributed by atoms with Gasteiger partial charge in [-0.1, -0.05) is 30.0 Å². The predicted molar refractivity (Wildman–Crippen MR) is 70.9 cm³/mol. The average molecular weight is 258 g/mol. The van der Waals surface area contributed by atoms with Crippen molar-refractivity contribution in [1.29, 1.82) is 0 Å². The molecule has 0 fully saturated rings. The average Bonchev–Trinajstić information content (AvgIpc) is 2.37. The van der Waals surface area contributed by atoms with Gasteiger partial charge in [-0.15, -0.1) is 0 Å². The SMILES string of the molecule is Nc1c([N+](=O)[O-])ccc2c1Cc1ccccc1S2. The monoisotopic (exact) mass is 258 g/mol. The van der Waals surface area contributed by atoms with Crippen LogP contribution in [0.2, 0.25) is 0 Å². The Morgan fingerprint density at radius 3 is 2.72 bits per heavy atom. The topological polar surface area (TPSA) is 69.2 Å². The Hall–Kier alpha value is -2.01. The Bertz CT molecular complexity index is 655. The maximum atomic E-state index is 10.9. The van der Waals surface area contributed by atoms with E-state index in [4.69, 9.17) is 5.73 Å². The molecule has 1 aliphatic heterocycles. The van der Waals surface area contributed by atoms with Crippen LogP contribution in [0.1, 0.15) is 11.1 Å². The van der Waals surface area contributed by atoms with Gasteiger partial charge in [-0.3, -0.25) is 10.1 Å². The number of nitro groups is 1. The van der Waals surface area contributed by atoms with E-state index in [2.05, 4.69) is 6.07 Å². The summed E-state index contributed by atoms with van der Waals surface area (Å²) in [7, 11) is 0. The fourth-order valence-electron chi connectivity index (χ4n) is 2.13. The second-order valence-electron chi connectivity index (χ2n) is 4.12. The van der Waals surface area contributed by atoms with Crippen LogP contribution in [0.4, 0.5) is 11.4 Å². The first-order chi connectivity index (χ1) is 8.66. The van der Waals surface area contributed by atoms with Gasteiger partial charge in [0.05, 0.1) is 4.92 Å². The lowest BCUT2D eigenvalue weighted by Gasteiger charge is -2.19. The lowest BCUT2D eigenvalue weighted by Crippen LogP contribution is -2.06. The van der Waals surface area contributed by atoms with Crippen molar-refractivity contribution < 1.29 is 4.92 Å². The summed E-state index contributed by atoms with van der Waals surface area (Å²) < 4.78 is 0. The predicted octanol–water partition coefficient (Wildman–Crippen LogP) is 3.23. The maximum absolute atomic E-state index is 10.9. The zero-order chi connectivity index (χ0) is 12.7. The Morgan fingerprint density at radius 2 is 1.94 bits per heavy atom. The van der Waals surface area contributed by atoms with E-state index in [0.29, 0.717) is 12.1 Å². The molecule has 4 nitrogen and oxygen atoms in total. The third kappa shape index (κ3) is 1.64. The number of fused-ring (bicyclic) bond motifs is 2. The molecule has 2 N–H and O–H groups in total. The molecule has 2 aromatic rings. The molecule has 90 valence electrons. The van der Waals surface area contributed by atoms with Gasteiger partial charge in [0.15, 0.2) is 0 Å². The quantitative estimate of drug-likeness (QED) is 0.413. The third-order valence-corrected chi connectivity index (χ3v) is 4.27. The standard InChI is InChI=1S/C13H10N2O2S/c14-13-9-7-8-3-1-2-4-11(8)18-12(9)6-5-10(13)15(16)17/h1-6H,7,14H2. The number of nitrogens with zero attached hydrogens (tertiary/aromatic N) is 1. The van der Waals surface area contributed by atoms with Gasteiger partial charge in [0.1, 0.15) is 5.69 Å². The summed E-state index contributed by atoms with van der Waals surface area (Å²) in [5.41, 5.74) is 8.23. The Balaban J connectivity index is 2.14. The van der Waals surface area contributed by atoms with Gasteiger partial charge < -0.3 is 5.73 Å². The number of rotatable bonds is 1. The first kappa shape index (κ1) is 11.1. The third-order valence-electron chi connectivity index (χ3n) is 3.05. The highest BCUT2D eigenvalue weighted by atomic mass is 32.2. The van der Waals surface area contributed by atoms with Crippen molar-refractivity contribution in [3.8, 4) is 0 Å². The minimum atomic E-state index is -0.430. The largest absolute Gasteiger partial charge is 0.393 e. The summed E-state index contributed by atoms with van der Waals surface area (Å²) in [5.74, 6) is 0. The minimum Gasteiger partial charge on any atom is -0.393 e. The van der Waals surface area contributed by atoms with Crippen LogP contribution in [0.3, 0.4) is 0 Å². The fourth-order valence-corrected chi connectivity index (χ4v) is 3.22. The van der Waals surface area contributed by atoms with Crippen LogP contribution in [0.15, 0.2) is 46.2 Å². The Morgan fingerprint density at radius 1 is 1.17 bits per heavy atom. The van der Waals surface area contributed by atoms with Crippen LogP contribution in [-0.4, -0.2) is 4.92 Å². The zero-order valence-corrected chi connectivity index (χ0v) is 10.2. The second kappa shape index (κ2) is 4.03. The molecular weight excluding hydrogens is 248 g/mol. The molecular formula is C13H10N2O2S. The first-order valence-corrected chi connectivity index (χ1v) is 6.30. The maximum Gasteiger partial charge on any atom is 0.292 e. The summed E-state index contributed by atoms with van der Waals surface area (Å²) in [6, 6.07) is 11.3. The van der Waals surface area contributed by atoms with Crippen molar-refractivity contribution >= 4 is 23.1 Å². The molecule has 0 saturated carbocycles. The van der Waals surface area contributed by atoms with Gasteiger partial charge in [-0.25, -0.2) is 0 Å². The number of nitrogen functional groups attached to an aromatic ring is 1. The molecule has 0 aromatic heterocycles. The molecule has 0 saturated heterocycles. The molecule has 0 aliphatic carbocycles. The van der Waals surface area contributed by atoms with E-state index in [1.165, 1.54) is 16.5 Å². The second-order valence-corrected chi connectivity index (χ2v) is 5.20. The van der Waals surface area contributed by atoms with Crippen LogP contribution in [0.25, 0.3) is 0 Å². The summed E-state index contributed by atoms with van der Waals surface area (Å²) in [6.07, 6.45) is 0.659. The van der Waals surface area contributed by atoms with Crippen LogP contribution >= 0.6 is 11.8 Å². The number of anilines is 1. The molecule has 0 spiro atoms. The van der Waals surface area contributed by atoms with E-state index < -0.39 is 4.92 Å². The number of hydrogen-bond acceptors (Lipinski definition) is 4. The fraction of sp³-hybridized carbons (Fsp3) is 0.0769. The Labute approximate surface area is 108 Å². The highest BCUT2D eigenvalue weighted by molar-refractivity contribution is 7.99. The first-order valence-electron chi connectivity index (χ1n) is 5.48.